The van der Waals surface area contributed by atoms with Gasteiger partial charge >= 0.3 is 11.9 Å². The fourth-order valence-corrected chi connectivity index (χ4v) is 2.04. The Morgan fingerprint density at radius 3 is 2.50 bits per heavy atom. The molecule has 1 aromatic rings. The van der Waals surface area contributed by atoms with Gasteiger partial charge in [0.05, 0.1) is 11.6 Å². The Kier molecular flexibility index (Phi) is 5.51. The Bertz CT molecular complexity index is 518. The highest BCUT2D eigenvalue weighted by Gasteiger charge is 2.46. The van der Waals surface area contributed by atoms with Crippen LogP contribution in [0.15, 0.2) is 18.2 Å². The summed E-state index contributed by atoms with van der Waals surface area (Å²) >= 11 is 5.58. The molecule has 0 fully saturated rings. The Labute approximate surface area is 121 Å². The molecule has 6 heteroatoms. The Morgan fingerprint density at radius 1 is 1.40 bits per heavy atom. The first-order valence-corrected chi connectivity index (χ1v) is 6.59. The van der Waals surface area contributed by atoms with E-state index in [2.05, 4.69) is 0 Å². The average Bonchev–Trinajstić information content (AvgIpc) is 2.40. The van der Waals surface area contributed by atoms with Crippen molar-refractivity contribution in [1.29, 1.82) is 0 Å². The van der Waals surface area contributed by atoms with Gasteiger partial charge in [-0.15, -0.1) is 0 Å². The molecule has 1 N–H and O–H groups in total. The molecule has 1 aromatic carbocycles. The van der Waals surface area contributed by atoms with Crippen LogP contribution in [0.5, 0.6) is 0 Å². The van der Waals surface area contributed by atoms with Crippen molar-refractivity contribution in [3.63, 3.8) is 0 Å². The molecule has 0 aromatic heterocycles. The van der Waals surface area contributed by atoms with E-state index in [1.165, 1.54) is 12.1 Å². The van der Waals surface area contributed by atoms with Crippen LogP contribution in [0.25, 0.3) is 0 Å². The zero-order valence-corrected chi connectivity index (χ0v) is 12.0. The van der Waals surface area contributed by atoms with E-state index in [0.717, 1.165) is 6.07 Å². The molecule has 1 atom stereocenters. The van der Waals surface area contributed by atoms with Gasteiger partial charge in [0.2, 0.25) is 0 Å². The number of aliphatic carboxylic acids is 1. The number of rotatable bonds is 6. The molecule has 0 heterocycles. The summed E-state index contributed by atoms with van der Waals surface area (Å²) in [5.41, 5.74) is -1.33. The zero-order chi connectivity index (χ0) is 15.3. The molecule has 0 aliphatic rings. The van der Waals surface area contributed by atoms with Crippen molar-refractivity contribution < 1.29 is 23.8 Å². The van der Waals surface area contributed by atoms with Gasteiger partial charge < -0.3 is 9.84 Å². The third-order valence-electron chi connectivity index (χ3n) is 3.17. The predicted octanol–water partition coefficient (Wildman–Crippen LogP) is 3.07. The Hall–Kier alpha value is -1.62. The minimum atomic E-state index is -1.71. The van der Waals surface area contributed by atoms with Crippen molar-refractivity contribution in [1.82, 2.24) is 0 Å². The van der Waals surface area contributed by atoms with Crippen molar-refractivity contribution in [2.45, 2.75) is 26.7 Å². The van der Waals surface area contributed by atoms with Crippen molar-refractivity contribution in [3.05, 3.63) is 34.6 Å². The second-order valence-corrected chi connectivity index (χ2v) is 4.79. The van der Waals surface area contributed by atoms with E-state index in [4.69, 9.17) is 16.3 Å². The smallest absolute Gasteiger partial charge is 0.323 e. The van der Waals surface area contributed by atoms with E-state index < -0.39 is 23.2 Å². The third kappa shape index (κ3) is 3.28. The van der Waals surface area contributed by atoms with Crippen LogP contribution >= 0.6 is 11.6 Å². The number of carbonyl (C=O) groups excluding carboxylic acids is 1. The first-order valence-electron chi connectivity index (χ1n) is 6.22. The summed E-state index contributed by atoms with van der Waals surface area (Å²) in [6.45, 7) is 3.27. The summed E-state index contributed by atoms with van der Waals surface area (Å²) in [5, 5.41) is 9.33. The minimum absolute atomic E-state index is 0.0470. The molecule has 1 rings (SSSR count). The molecule has 0 saturated heterocycles. The number of carbonyl (C=O) groups is 2. The average molecular weight is 303 g/mol. The molecule has 0 spiro atoms. The van der Waals surface area contributed by atoms with Gasteiger partial charge in [-0.2, -0.15) is 0 Å². The molecule has 20 heavy (non-hydrogen) atoms. The number of esters is 1. The van der Waals surface area contributed by atoms with Gasteiger partial charge in [0.15, 0.2) is 5.41 Å². The molecule has 0 saturated carbocycles. The molecule has 0 amide bonds. The third-order valence-corrected chi connectivity index (χ3v) is 3.48. The van der Waals surface area contributed by atoms with Crippen molar-refractivity contribution >= 4 is 23.5 Å². The first kappa shape index (κ1) is 16.4. The van der Waals surface area contributed by atoms with E-state index in [1.807, 2.05) is 0 Å². The zero-order valence-electron chi connectivity index (χ0n) is 11.3. The lowest BCUT2D eigenvalue weighted by Crippen LogP contribution is -2.42. The minimum Gasteiger partial charge on any atom is -0.480 e. The number of benzene rings is 1. The van der Waals surface area contributed by atoms with Crippen LogP contribution in [-0.2, 0) is 20.7 Å². The van der Waals surface area contributed by atoms with Gasteiger partial charge in [0, 0.05) is 0 Å². The number of hydrogen-bond acceptors (Lipinski definition) is 3. The van der Waals surface area contributed by atoms with Gasteiger partial charge in [-0.1, -0.05) is 24.6 Å². The van der Waals surface area contributed by atoms with Crippen molar-refractivity contribution in [3.8, 4) is 0 Å². The van der Waals surface area contributed by atoms with Gasteiger partial charge in [-0.25, -0.2) is 4.39 Å². The van der Waals surface area contributed by atoms with Gasteiger partial charge in [0.1, 0.15) is 5.82 Å². The van der Waals surface area contributed by atoms with E-state index >= 15 is 0 Å². The molecule has 0 bridgehead atoms. The van der Waals surface area contributed by atoms with Crippen molar-refractivity contribution in [2.75, 3.05) is 6.61 Å². The lowest BCUT2D eigenvalue weighted by molar-refractivity contribution is -0.168. The monoisotopic (exact) mass is 302 g/mol. The highest BCUT2D eigenvalue weighted by Crippen LogP contribution is 2.30. The van der Waals surface area contributed by atoms with E-state index in [0.29, 0.717) is 5.56 Å². The maximum Gasteiger partial charge on any atom is 0.323 e. The molecule has 110 valence electrons. The Morgan fingerprint density at radius 2 is 2.05 bits per heavy atom. The van der Waals surface area contributed by atoms with Crippen LogP contribution in [0.3, 0.4) is 0 Å². The Balaban J connectivity index is 3.15. The highest BCUT2D eigenvalue weighted by molar-refractivity contribution is 6.30. The summed E-state index contributed by atoms with van der Waals surface area (Å²) in [5.74, 6) is -2.75. The van der Waals surface area contributed by atoms with Crippen LogP contribution in [0.2, 0.25) is 5.02 Å². The molecular weight excluding hydrogens is 287 g/mol. The fraction of sp³-hybridized carbons (Fsp3) is 0.429. The summed E-state index contributed by atoms with van der Waals surface area (Å²) < 4.78 is 18.3. The second kappa shape index (κ2) is 6.70. The van der Waals surface area contributed by atoms with E-state index in [9.17, 15) is 19.1 Å². The standard InChI is InChI=1S/C14H16ClFO4/c1-3-14(12(17)18,13(19)20-4-2)8-9-5-6-10(15)11(16)7-9/h5-7H,3-4,8H2,1-2H3,(H,17,18). The van der Waals surface area contributed by atoms with E-state index in [-0.39, 0.29) is 24.5 Å². The second-order valence-electron chi connectivity index (χ2n) is 4.39. The summed E-state index contributed by atoms with van der Waals surface area (Å²) in [6, 6.07) is 3.96. The number of hydrogen-bond donors (Lipinski definition) is 1. The fourth-order valence-electron chi connectivity index (χ4n) is 1.92. The quantitative estimate of drug-likeness (QED) is 0.648. The molecule has 1 unspecified atom stereocenters. The summed E-state index contributed by atoms with van der Waals surface area (Å²) in [4.78, 5) is 23.5. The lowest BCUT2D eigenvalue weighted by atomic mass is 9.79. The van der Waals surface area contributed by atoms with Crippen LogP contribution in [0, 0.1) is 11.2 Å². The van der Waals surface area contributed by atoms with Crippen LogP contribution in [-0.4, -0.2) is 23.7 Å². The van der Waals surface area contributed by atoms with E-state index in [1.54, 1.807) is 13.8 Å². The maximum atomic E-state index is 13.4. The molecule has 0 aliphatic heterocycles. The van der Waals surface area contributed by atoms with Gasteiger partial charge in [-0.3, -0.25) is 9.59 Å². The molecular formula is C14H16ClFO4. The van der Waals surface area contributed by atoms with Crippen LogP contribution in [0.4, 0.5) is 4.39 Å². The summed E-state index contributed by atoms with van der Waals surface area (Å²) in [6.07, 6.45) is -0.100. The number of carboxylic acids is 1. The normalized spacial score (nSPS) is 13.6. The first-order chi connectivity index (χ1) is 9.37. The molecule has 0 aliphatic carbocycles. The molecule has 0 radical (unpaired) electrons. The largest absolute Gasteiger partial charge is 0.480 e. The van der Waals surface area contributed by atoms with Gasteiger partial charge in [0.25, 0.3) is 0 Å². The number of carboxylic acid groups (broad SMARTS) is 1. The summed E-state index contributed by atoms with van der Waals surface area (Å²) in [7, 11) is 0. The highest BCUT2D eigenvalue weighted by atomic mass is 35.5. The topological polar surface area (TPSA) is 63.6 Å². The van der Waals surface area contributed by atoms with Crippen LogP contribution in [0.1, 0.15) is 25.8 Å². The number of ether oxygens (including phenoxy) is 1. The maximum absolute atomic E-state index is 13.4. The molecule has 4 nitrogen and oxygen atoms in total. The predicted molar refractivity (Wildman–Crippen MR) is 72.1 cm³/mol. The van der Waals surface area contributed by atoms with Crippen LogP contribution < -0.4 is 0 Å². The lowest BCUT2D eigenvalue weighted by Gasteiger charge is -2.25. The SMILES string of the molecule is CCOC(=O)C(CC)(Cc1ccc(Cl)c(F)c1)C(=O)O. The number of halogens is 2. The van der Waals surface area contributed by atoms with Crippen molar-refractivity contribution in [2.24, 2.45) is 5.41 Å². The van der Waals surface area contributed by atoms with Gasteiger partial charge in [-0.05, 0) is 37.5 Å².